The lowest BCUT2D eigenvalue weighted by Crippen LogP contribution is -2.45. The van der Waals surface area contributed by atoms with Crippen LogP contribution in [0.4, 0.5) is 4.39 Å². The van der Waals surface area contributed by atoms with Crippen LogP contribution in [0.1, 0.15) is 22.7 Å². The number of aromatic nitrogens is 2. The fourth-order valence-electron chi connectivity index (χ4n) is 3.56. The molecule has 0 bridgehead atoms. The van der Waals surface area contributed by atoms with Gasteiger partial charge in [-0.05, 0) is 23.3 Å². The predicted octanol–water partition coefficient (Wildman–Crippen LogP) is 3.22. The topological polar surface area (TPSA) is 33.1 Å². The first-order valence-corrected chi connectivity index (χ1v) is 9.03. The van der Waals surface area contributed by atoms with Crippen molar-refractivity contribution >= 4 is 0 Å². The van der Waals surface area contributed by atoms with Crippen molar-refractivity contribution in [1.82, 2.24) is 20.0 Å². The zero-order chi connectivity index (χ0) is 17.8. The Morgan fingerprint density at radius 3 is 2.77 bits per heavy atom. The summed E-state index contributed by atoms with van der Waals surface area (Å²) in [7, 11) is 0. The normalized spacial score (nSPS) is 18.1. The zero-order valence-electron chi connectivity index (χ0n) is 14.7. The van der Waals surface area contributed by atoms with Gasteiger partial charge in [0.2, 0.25) is 0 Å². The maximum Gasteiger partial charge on any atom is 0.123 e. The van der Waals surface area contributed by atoms with E-state index in [9.17, 15) is 4.39 Å². The minimum atomic E-state index is -0.177. The Labute approximate surface area is 153 Å². The molecule has 1 N–H and O–H groups in total. The number of nitrogens with zero attached hydrogens (tertiary/aromatic N) is 3. The van der Waals surface area contributed by atoms with Crippen molar-refractivity contribution in [3.63, 3.8) is 0 Å². The maximum atomic E-state index is 13.6. The summed E-state index contributed by atoms with van der Waals surface area (Å²) in [6.07, 6.45) is 4.05. The molecule has 1 unspecified atom stereocenters. The van der Waals surface area contributed by atoms with Crippen LogP contribution >= 0.6 is 0 Å². The highest BCUT2D eigenvalue weighted by molar-refractivity contribution is 5.22. The molecule has 1 fully saturated rings. The quantitative estimate of drug-likeness (QED) is 0.767. The SMILES string of the molecule is Fc1cccc(C2CNCCN2Cc2cnn(Cc3ccccc3)c2)c1. The van der Waals surface area contributed by atoms with Gasteiger partial charge in [-0.1, -0.05) is 42.5 Å². The molecule has 2 heterocycles. The molecule has 0 aliphatic carbocycles. The predicted molar refractivity (Wildman–Crippen MR) is 100 cm³/mol. The van der Waals surface area contributed by atoms with Crippen molar-refractivity contribution in [2.45, 2.75) is 19.1 Å². The lowest BCUT2D eigenvalue weighted by Gasteiger charge is -2.36. The van der Waals surface area contributed by atoms with E-state index in [4.69, 9.17) is 0 Å². The van der Waals surface area contributed by atoms with Gasteiger partial charge in [-0.3, -0.25) is 9.58 Å². The second-order valence-electron chi connectivity index (χ2n) is 6.78. The summed E-state index contributed by atoms with van der Waals surface area (Å²) in [5.74, 6) is -0.177. The average Bonchev–Trinajstić information content (AvgIpc) is 3.10. The van der Waals surface area contributed by atoms with Gasteiger partial charge < -0.3 is 5.32 Å². The Morgan fingerprint density at radius 1 is 1.04 bits per heavy atom. The standard InChI is InChI=1S/C21H23FN4/c22-20-8-4-7-19(11-20)21-13-23-9-10-25(21)14-18-12-24-26(16-18)15-17-5-2-1-3-6-17/h1-8,11-12,16,21,23H,9-10,13-15H2. The summed E-state index contributed by atoms with van der Waals surface area (Å²) in [6.45, 7) is 4.31. The van der Waals surface area contributed by atoms with Gasteiger partial charge in [0.05, 0.1) is 12.7 Å². The van der Waals surface area contributed by atoms with Crippen molar-refractivity contribution in [3.8, 4) is 0 Å². The summed E-state index contributed by atoms with van der Waals surface area (Å²) in [5.41, 5.74) is 3.44. The van der Waals surface area contributed by atoms with Crippen molar-refractivity contribution < 1.29 is 4.39 Å². The third-order valence-electron chi connectivity index (χ3n) is 4.85. The molecule has 0 radical (unpaired) electrons. The fraction of sp³-hybridized carbons (Fsp3) is 0.286. The molecule has 2 aromatic carbocycles. The number of benzene rings is 2. The number of rotatable bonds is 5. The van der Waals surface area contributed by atoms with Crippen molar-refractivity contribution in [3.05, 3.63) is 89.5 Å². The smallest absolute Gasteiger partial charge is 0.123 e. The first-order chi connectivity index (χ1) is 12.8. The molecule has 5 heteroatoms. The minimum Gasteiger partial charge on any atom is -0.314 e. The Bertz CT molecular complexity index is 846. The summed E-state index contributed by atoms with van der Waals surface area (Å²) in [5, 5.41) is 7.92. The first kappa shape index (κ1) is 16.9. The minimum absolute atomic E-state index is 0.177. The van der Waals surface area contributed by atoms with Gasteiger partial charge in [0, 0.05) is 44.0 Å². The second kappa shape index (κ2) is 7.81. The largest absolute Gasteiger partial charge is 0.314 e. The molecular weight excluding hydrogens is 327 g/mol. The number of hydrogen-bond donors (Lipinski definition) is 1. The van der Waals surface area contributed by atoms with E-state index in [1.165, 1.54) is 17.2 Å². The molecule has 0 spiro atoms. The van der Waals surface area contributed by atoms with E-state index in [1.54, 1.807) is 12.1 Å². The Kier molecular flexibility index (Phi) is 5.09. The number of hydrogen-bond acceptors (Lipinski definition) is 3. The van der Waals surface area contributed by atoms with Crippen LogP contribution in [0, 0.1) is 5.82 Å². The molecule has 1 atom stereocenters. The van der Waals surface area contributed by atoms with E-state index in [1.807, 2.05) is 35.1 Å². The zero-order valence-corrected chi connectivity index (χ0v) is 14.7. The van der Waals surface area contributed by atoms with Crippen LogP contribution in [0.3, 0.4) is 0 Å². The molecule has 0 amide bonds. The van der Waals surface area contributed by atoms with Gasteiger partial charge in [-0.15, -0.1) is 0 Å². The molecular formula is C21H23FN4. The van der Waals surface area contributed by atoms with E-state index >= 15 is 0 Å². The highest BCUT2D eigenvalue weighted by Crippen LogP contribution is 2.24. The lowest BCUT2D eigenvalue weighted by atomic mass is 10.0. The van der Waals surface area contributed by atoms with Gasteiger partial charge in [-0.25, -0.2) is 4.39 Å². The fourth-order valence-corrected chi connectivity index (χ4v) is 3.56. The van der Waals surface area contributed by atoms with Crippen LogP contribution in [0.25, 0.3) is 0 Å². The van der Waals surface area contributed by atoms with Crippen molar-refractivity contribution in [2.75, 3.05) is 19.6 Å². The highest BCUT2D eigenvalue weighted by atomic mass is 19.1. The first-order valence-electron chi connectivity index (χ1n) is 9.03. The van der Waals surface area contributed by atoms with Gasteiger partial charge in [0.25, 0.3) is 0 Å². The Balaban J connectivity index is 1.47. The van der Waals surface area contributed by atoms with E-state index in [2.05, 4.69) is 33.6 Å². The Hall–Kier alpha value is -2.50. The van der Waals surface area contributed by atoms with Crippen LogP contribution in [-0.4, -0.2) is 34.3 Å². The summed E-state index contributed by atoms with van der Waals surface area (Å²) < 4.78 is 15.6. The molecule has 134 valence electrons. The second-order valence-corrected chi connectivity index (χ2v) is 6.78. The monoisotopic (exact) mass is 350 g/mol. The summed E-state index contributed by atoms with van der Waals surface area (Å²) in [6, 6.07) is 17.4. The van der Waals surface area contributed by atoms with Crippen LogP contribution in [0.5, 0.6) is 0 Å². The molecule has 3 aromatic rings. The van der Waals surface area contributed by atoms with E-state index in [0.717, 1.165) is 38.3 Å². The third-order valence-corrected chi connectivity index (χ3v) is 4.85. The lowest BCUT2D eigenvalue weighted by molar-refractivity contribution is 0.153. The molecule has 1 aliphatic rings. The highest BCUT2D eigenvalue weighted by Gasteiger charge is 2.24. The van der Waals surface area contributed by atoms with E-state index < -0.39 is 0 Å². The average molecular weight is 350 g/mol. The molecule has 1 aromatic heterocycles. The summed E-state index contributed by atoms with van der Waals surface area (Å²) >= 11 is 0. The van der Waals surface area contributed by atoms with Crippen LogP contribution in [0.15, 0.2) is 67.0 Å². The molecule has 1 saturated heterocycles. The van der Waals surface area contributed by atoms with Crippen molar-refractivity contribution in [2.24, 2.45) is 0 Å². The van der Waals surface area contributed by atoms with Crippen LogP contribution in [-0.2, 0) is 13.1 Å². The molecule has 26 heavy (non-hydrogen) atoms. The maximum absolute atomic E-state index is 13.6. The Morgan fingerprint density at radius 2 is 1.92 bits per heavy atom. The van der Waals surface area contributed by atoms with Crippen molar-refractivity contribution in [1.29, 1.82) is 0 Å². The molecule has 1 aliphatic heterocycles. The number of nitrogens with one attached hydrogen (secondary N) is 1. The van der Waals surface area contributed by atoms with Gasteiger partial charge >= 0.3 is 0 Å². The molecule has 0 saturated carbocycles. The molecule has 4 rings (SSSR count). The van der Waals surface area contributed by atoms with Gasteiger partial charge in [-0.2, -0.15) is 5.10 Å². The van der Waals surface area contributed by atoms with Gasteiger partial charge in [0.1, 0.15) is 5.82 Å². The van der Waals surface area contributed by atoms with E-state index in [-0.39, 0.29) is 11.9 Å². The number of halogens is 1. The van der Waals surface area contributed by atoms with Gasteiger partial charge in [0.15, 0.2) is 0 Å². The van der Waals surface area contributed by atoms with Crippen LogP contribution in [0.2, 0.25) is 0 Å². The van der Waals surface area contributed by atoms with E-state index in [0.29, 0.717) is 0 Å². The molecule has 4 nitrogen and oxygen atoms in total. The summed E-state index contributed by atoms with van der Waals surface area (Å²) in [4.78, 5) is 2.40. The number of piperazine rings is 1. The van der Waals surface area contributed by atoms with Crippen LogP contribution < -0.4 is 5.32 Å². The third kappa shape index (κ3) is 4.00.